The molecule has 0 spiro atoms. The van der Waals surface area contributed by atoms with Crippen LogP contribution < -0.4 is 10.1 Å². The van der Waals surface area contributed by atoms with Gasteiger partial charge in [0.25, 0.3) is 0 Å². The predicted molar refractivity (Wildman–Crippen MR) is 87.3 cm³/mol. The van der Waals surface area contributed by atoms with Gasteiger partial charge in [0.15, 0.2) is 0 Å². The van der Waals surface area contributed by atoms with E-state index in [0.29, 0.717) is 6.61 Å². The molecule has 1 N–H and O–H groups in total. The van der Waals surface area contributed by atoms with Crippen LogP contribution in [0.15, 0.2) is 53.0 Å². The van der Waals surface area contributed by atoms with E-state index in [1.807, 2.05) is 25.1 Å². The van der Waals surface area contributed by atoms with Crippen LogP contribution in [0, 0.1) is 0 Å². The minimum atomic E-state index is 0.139. The van der Waals surface area contributed by atoms with Crippen LogP contribution in [0.1, 0.15) is 31.0 Å². The van der Waals surface area contributed by atoms with Gasteiger partial charge in [-0.3, -0.25) is 0 Å². The number of rotatable bonds is 6. The lowest BCUT2D eigenvalue weighted by atomic mass is 9.98. The molecule has 0 aliphatic heterocycles. The molecule has 0 saturated heterocycles. The molecule has 2 aromatic carbocycles. The van der Waals surface area contributed by atoms with Crippen molar-refractivity contribution in [2.45, 2.75) is 19.9 Å². The highest BCUT2D eigenvalue weighted by molar-refractivity contribution is 9.10. The van der Waals surface area contributed by atoms with Crippen LogP contribution in [0.5, 0.6) is 5.75 Å². The van der Waals surface area contributed by atoms with Gasteiger partial charge in [0.2, 0.25) is 0 Å². The number of benzene rings is 2. The van der Waals surface area contributed by atoms with Crippen molar-refractivity contribution in [1.29, 1.82) is 0 Å². The minimum Gasteiger partial charge on any atom is -0.494 e. The molecular formula is C17H20BrNO. The van der Waals surface area contributed by atoms with Crippen LogP contribution in [0.4, 0.5) is 0 Å². The van der Waals surface area contributed by atoms with Gasteiger partial charge in [-0.15, -0.1) is 0 Å². The second-order valence-corrected chi connectivity index (χ2v) is 5.43. The number of hydrogen-bond donors (Lipinski definition) is 1. The van der Waals surface area contributed by atoms with Crippen molar-refractivity contribution in [2.75, 3.05) is 13.2 Å². The van der Waals surface area contributed by atoms with Gasteiger partial charge in [0.1, 0.15) is 5.75 Å². The number of nitrogens with one attached hydrogen (secondary N) is 1. The summed E-state index contributed by atoms with van der Waals surface area (Å²) in [6.07, 6.45) is 0. The Bertz CT molecular complexity index is 556. The fourth-order valence-electron chi connectivity index (χ4n) is 2.30. The molecule has 0 amide bonds. The van der Waals surface area contributed by atoms with Crippen molar-refractivity contribution < 1.29 is 4.74 Å². The summed E-state index contributed by atoms with van der Waals surface area (Å²) in [5.41, 5.74) is 2.41. The molecule has 0 bridgehead atoms. The Labute approximate surface area is 129 Å². The number of para-hydroxylation sites is 1. The normalized spacial score (nSPS) is 12.2. The van der Waals surface area contributed by atoms with Crippen LogP contribution in [0.2, 0.25) is 0 Å². The largest absolute Gasteiger partial charge is 0.494 e. The van der Waals surface area contributed by atoms with Crippen LogP contribution in [0.3, 0.4) is 0 Å². The first-order valence-electron chi connectivity index (χ1n) is 6.96. The zero-order chi connectivity index (χ0) is 14.4. The molecule has 0 aromatic heterocycles. The Morgan fingerprint density at radius 3 is 2.60 bits per heavy atom. The monoisotopic (exact) mass is 333 g/mol. The molecule has 0 aliphatic rings. The average Bonchev–Trinajstić information content (AvgIpc) is 2.46. The first-order valence-corrected chi connectivity index (χ1v) is 7.76. The highest BCUT2D eigenvalue weighted by atomic mass is 79.9. The van der Waals surface area contributed by atoms with Crippen molar-refractivity contribution >= 4 is 15.9 Å². The van der Waals surface area contributed by atoms with Gasteiger partial charge in [-0.05, 0) is 37.2 Å². The molecule has 0 heterocycles. The Hall–Kier alpha value is -1.32. The smallest absolute Gasteiger partial charge is 0.124 e. The van der Waals surface area contributed by atoms with Crippen molar-refractivity contribution in [3.63, 3.8) is 0 Å². The van der Waals surface area contributed by atoms with Gasteiger partial charge in [0, 0.05) is 10.0 Å². The van der Waals surface area contributed by atoms with Gasteiger partial charge in [0.05, 0.1) is 12.6 Å². The van der Waals surface area contributed by atoms with Crippen molar-refractivity contribution in [3.05, 3.63) is 64.1 Å². The fourth-order valence-corrected chi connectivity index (χ4v) is 2.72. The zero-order valence-electron chi connectivity index (χ0n) is 11.9. The van der Waals surface area contributed by atoms with Gasteiger partial charge in [-0.2, -0.15) is 0 Å². The lowest BCUT2D eigenvalue weighted by Crippen LogP contribution is -2.22. The zero-order valence-corrected chi connectivity index (χ0v) is 13.5. The minimum absolute atomic E-state index is 0.139. The Kier molecular flexibility index (Phi) is 5.62. The molecule has 0 fully saturated rings. The maximum absolute atomic E-state index is 5.76. The Morgan fingerprint density at radius 2 is 1.90 bits per heavy atom. The lowest BCUT2D eigenvalue weighted by molar-refractivity contribution is 0.333. The van der Waals surface area contributed by atoms with Crippen molar-refractivity contribution in [1.82, 2.24) is 5.32 Å². The highest BCUT2D eigenvalue weighted by Gasteiger charge is 2.17. The third kappa shape index (κ3) is 3.62. The third-order valence-corrected chi connectivity index (χ3v) is 3.61. The topological polar surface area (TPSA) is 21.3 Å². The van der Waals surface area contributed by atoms with Gasteiger partial charge in [-0.25, -0.2) is 0 Å². The molecule has 0 aliphatic carbocycles. The quantitative estimate of drug-likeness (QED) is 0.837. The standard InChI is InChI=1S/C17H20BrNO/c1-3-19-17(13-8-7-9-14(18)12-13)15-10-5-6-11-16(15)20-4-2/h5-12,17,19H,3-4H2,1-2H3. The summed E-state index contributed by atoms with van der Waals surface area (Å²) in [6, 6.07) is 16.8. The maximum atomic E-state index is 5.76. The summed E-state index contributed by atoms with van der Waals surface area (Å²) in [4.78, 5) is 0. The summed E-state index contributed by atoms with van der Waals surface area (Å²) >= 11 is 3.54. The second-order valence-electron chi connectivity index (χ2n) is 4.52. The molecular weight excluding hydrogens is 314 g/mol. The Morgan fingerprint density at radius 1 is 1.10 bits per heavy atom. The molecule has 2 nitrogen and oxygen atoms in total. The molecule has 3 heteroatoms. The van der Waals surface area contributed by atoms with E-state index >= 15 is 0 Å². The van der Waals surface area contributed by atoms with Crippen molar-refractivity contribution in [3.8, 4) is 5.75 Å². The van der Waals surface area contributed by atoms with E-state index < -0.39 is 0 Å². The molecule has 0 saturated carbocycles. The summed E-state index contributed by atoms with van der Waals surface area (Å²) in [6.45, 7) is 5.71. The SMILES string of the molecule is CCNC(c1cccc(Br)c1)c1ccccc1OCC. The number of ether oxygens (including phenoxy) is 1. The van der Waals surface area contributed by atoms with Crippen LogP contribution in [-0.2, 0) is 0 Å². The summed E-state index contributed by atoms with van der Waals surface area (Å²) < 4.78 is 6.85. The first kappa shape index (κ1) is 15.1. The van der Waals surface area contributed by atoms with Crippen LogP contribution >= 0.6 is 15.9 Å². The molecule has 106 valence electrons. The van der Waals surface area contributed by atoms with E-state index in [4.69, 9.17) is 4.74 Å². The number of hydrogen-bond acceptors (Lipinski definition) is 2. The number of halogens is 1. The first-order chi connectivity index (χ1) is 9.76. The summed E-state index contributed by atoms with van der Waals surface area (Å²) in [7, 11) is 0. The molecule has 2 rings (SSSR count). The second kappa shape index (κ2) is 7.46. The van der Waals surface area contributed by atoms with E-state index in [2.05, 4.69) is 58.5 Å². The molecule has 20 heavy (non-hydrogen) atoms. The average molecular weight is 334 g/mol. The molecule has 1 atom stereocenters. The lowest BCUT2D eigenvalue weighted by Gasteiger charge is -2.22. The van der Waals surface area contributed by atoms with E-state index in [-0.39, 0.29) is 6.04 Å². The summed E-state index contributed by atoms with van der Waals surface area (Å²) in [5.74, 6) is 0.945. The van der Waals surface area contributed by atoms with Gasteiger partial charge < -0.3 is 10.1 Å². The molecule has 0 radical (unpaired) electrons. The third-order valence-electron chi connectivity index (χ3n) is 3.12. The molecule has 1 unspecified atom stereocenters. The van der Waals surface area contributed by atoms with Crippen molar-refractivity contribution in [2.24, 2.45) is 0 Å². The van der Waals surface area contributed by atoms with E-state index in [9.17, 15) is 0 Å². The summed E-state index contributed by atoms with van der Waals surface area (Å²) in [5, 5.41) is 3.54. The fraction of sp³-hybridized carbons (Fsp3) is 0.294. The van der Waals surface area contributed by atoms with E-state index in [0.717, 1.165) is 16.8 Å². The Balaban J connectivity index is 2.43. The molecule has 2 aromatic rings. The maximum Gasteiger partial charge on any atom is 0.124 e. The highest BCUT2D eigenvalue weighted by Crippen LogP contribution is 2.31. The van der Waals surface area contributed by atoms with Crippen LogP contribution in [-0.4, -0.2) is 13.2 Å². The van der Waals surface area contributed by atoms with Gasteiger partial charge in [-0.1, -0.05) is 53.2 Å². The van der Waals surface area contributed by atoms with E-state index in [1.54, 1.807) is 0 Å². The van der Waals surface area contributed by atoms with Gasteiger partial charge >= 0.3 is 0 Å². The van der Waals surface area contributed by atoms with Crippen LogP contribution in [0.25, 0.3) is 0 Å². The van der Waals surface area contributed by atoms with E-state index in [1.165, 1.54) is 11.1 Å². The predicted octanol–water partition coefficient (Wildman–Crippen LogP) is 4.55.